The van der Waals surface area contributed by atoms with E-state index in [1.54, 1.807) is 17.1 Å². The first-order chi connectivity index (χ1) is 7.29. The van der Waals surface area contributed by atoms with Crippen LogP contribution in [0.1, 0.15) is 11.3 Å². The van der Waals surface area contributed by atoms with Crippen LogP contribution in [0.5, 0.6) is 5.75 Å². The number of ether oxygens (including phenoxy) is 1. The van der Waals surface area contributed by atoms with Crippen LogP contribution >= 0.6 is 0 Å². The molecule has 0 aliphatic carbocycles. The van der Waals surface area contributed by atoms with Gasteiger partial charge >= 0.3 is 0 Å². The van der Waals surface area contributed by atoms with Gasteiger partial charge in [0.25, 0.3) is 0 Å². The number of aromatic nitrogens is 2. The molecule has 2 aromatic rings. The van der Waals surface area contributed by atoms with Crippen molar-refractivity contribution in [2.75, 3.05) is 0 Å². The molecular formula is C10H13N3O2. The Labute approximate surface area is 87.4 Å². The first-order valence-electron chi connectivity index (χ1n) is 4.66. The number of furan rings is 1. The third kappa shape index (κ3) is 2.19. The predicted octanol–water partition coefficient (Wildman–Crippen LogP) is 1.05. The van der Waals surface area contributed by atoms with Crippen molar-refractivity contribution in [3.05, 3.63) is 36.0 Å². The van der Waals surface area contributed by atoms with Crippen molar-refractivity contribution in [1.82, 2.24) is 9.78 Å². The zero-order valence-electron chi connectivity index (χ0n) is 8.51. The molecule has 2 N–H and O–H groups in total. The second-order valence-corrected chi connectivity index (χ2v) is 3.21. The van der Waals surface area contributed by atoms with Crippen LogP contribution in [-0.2, 0) is 20.2 Å². The van der Waals surface area contributed by atoms with Crippen LogP contribution < -0.4 is 10.5 Å². The molecule has 2 heterocycles. The van der Waals surface area contributed by atoms with E-state index in [0.29, 0.717) is 13.2 Å². The summed E-state index contributed by atoms with van der Waals surface area (Å²) in [6, 6.07) is 1.86. The lowest BCUT2D eigenvalue weighted by atomic mass is 10.2. The predicted molar refractivity (Wildman–Crippen MR) is 54.1 cm³/mol. The lowest BCUT2D eigenvalue weighted by Crippen LogP contribution is -2.01. The van der Waals surface area contributed by atoms with Crippen LogP contribution in [0.4, 0.5) is 0 Å². The van der Waals surface area contributed by atoms with Gasteiger partial charge in [-0.15, -0.1) is 0 Å². The third-order valence-electron chi connectivity index (χ3n) is 2.10. The summed E-state index contributed by atoms with van der Waals surface area (Å²) in [5.41, 5.74) is 6.48. The molecule has 0 spiro atoms. The molecule has 80 valence electrons. The van der Waals surface area contributed by atoms with Crippen molar-refractivity contribution in [2.24, 2.45) is 12.8 Å². The fraction of sp³-hybridized carbons (Fsp3) is 0.300. The van der Waals surface area contributed by atoms with Crippen molar-refractivity contribution in [3.63, 3.8) is 0 Å². The molecule has 15 heavy (non-hydrogen) atoms. The Kier molecular flexibility index (Phi) is 2.73. The summed E-state index contributed by atoms with van der Waals surface area (Å²) < 4.78 is 12.4. The smallest absolute Gasteiger partial charge is 0.157 e. The monoisotopic (exact) mass is 207 g/mol. The highest BCUT2D eigenvalue weighted by molar-refractivity contribution is 5.18. The summed E-state index contributed by atoms with van der Waals surface area (Å²) >= 11 is 0. The fourth-order valence-electron chi connectivity index (χ4n) is 1.31. The molecule has 0 bridgehead atoms. The second kappa shape index (κ2) is 4.18. The SMILES string of the molecule is Cn1cc(OCc2ccoc2CN)cn1. The molecule has 0 fully saturated rings. The molecule has 0 amide bonds. The quantitative estimate of drug-likeness (QED) is 0.813. The van der Waals surface area contributed by atoms with E-state index in [4.69, 9.17) is 14.9 Å². The molecule has 0 radical (unpaired) electrons. The number of nitrogens with two attached hydrogens (primary N) is 1. The van der Waals surface area contributed by atoms with Crippen molar-refractivity contribution in [2.45, 2.75) is 13.2 Å². The number of aryl methyl sites for hydroxylation is 1. The highest BCUT2D eigenvalue weighted by Gasteiger charge is 2.05. The van der Waals surface area contributed by atoms with Gasteiger partial charge in [-0.2, -0.15) is 5.10 Å². The Hall–Kier alpha value is -1.75. The van der Waals surface area contributed by atoms with Crippen molar-refractivity contribution in [1.29, 1.82) is 0 Å². The zero-order valence-corrected chi connectivity index (χ0v) is 8.51. The van der Waals surface area contributed by atoms with Crippen molar-refractivity contribution >= 4 is 0 Å². The van der Waals surface area contributed by atoms with Gasteiger partial charge < -0.3 is 14.9 Å². The van der Waals surface area contributed by atoms with Gasteiger partial charge in [-0.25, -0.2) is 0 Å². The average molecular weight is 207 g/mol. The highest BCUT2D eigenvalue weighted by Crippen LogP contribution is 2.14. The van der Waals surface area contributed by atoms with Crippen molar-refractivity contribution in [3.8, 4) is 5.75 Å². The van der Waals surface area contributed by atoms with Crippen molar-refractivity contribution < 1.29 is 9.15 Å². The van der Waals surface area contributed by atoms with Gasteiger partial charge in [0.2, 0.25) is 0 Å². The lowest BCUT2D eigenvalue weighted by Gasteiger charge is -2.02. The van der Waals surface area contributed by atoms with E-state index in [0.717, 1.165) is 17.1 Å². The van der Waals surface area contributed by atoms with Gasteiger partial charge in [0, 0.05) is 12.6 Å². The molecule has 0 aromatic carbocycles. The standard InChI is InChI=1S/C10H13N3O2/c1-13-6-9(5-12-13)15-7-8-2-3-14-10(8)4-11/h2-3,5-6H,4,7,11H2,1H3. The number of nitrogens with zero attached hydrogens (tertiary/aromatic N) is 2. The molecule has 5 heteroatoms. The Morgan fingerprint density at radius 1 is 1.60 bits per heavy atom. The largest absolute Gasteiger partial charge is 0.485 e. The van der Waals surface area contributed by atoms with Gasteiger partial charge in [0.15, 0.2) is 5.75 Å². The molecule has 0 saturated carbocycles. The second-order valence-electron chi connectivity index (χ2n) is 3.21. The van der Waals surface area contributed by atoms with Crippen LogP contribution in [0.2, 0.25) is 0 Å². The normalized spacial score (nSPS) is 10.5. The van der Waals surface area contributed by atoms with Crippen LogP contribution in [-0.4, -0.2) is 9.78 Å². The highest BCUT2D eigenvalue weighted by atomic mass is 16.5. The number of hydrogen-bond donors (Lipinski definition) is 1. The van der Waals surface area contributed by atoms with E-state index < -0.39 is 0 Å². The first kappa shape index (κ1) is 9.79. The fourth-order valence-corrected chi connectivity index (χ4v) is 1.31. The maximum Gasteiger partial charge on any atom is 0.157 e. The van der Waals surface area contributed by atoms with Gasteiger partial charge in [0.05, 0.1) is 25.2 Å². The van der Waals surface area contributed by atoms with E-state index in [1.807, 2.05) is 19.3 Å². The van der Waals surface area contributed by atoms with Crippen LogP contribution in [0.25, 0.3) is 0 Å². The molecule has 0 unspecified atom stereocenters. The Balaban J connectivity index is 1.98. The average Bonchev–Trinajstić information content (AvgIpc) is 2.83. The van der Waals surface area contributed by atoms with E-state index in [1.165, 1.54) is 0 Å². The van der Waals surface area contributed by atoms with Crippen LogP contribution in [0.15, 0.2) is 29.1 Å². The molecule has 0 saturated heterocycles. The molecular weight excluding hydrogens is 194 g/mol. The van der Waals surface area contributed by atoms with Gasteiger partial charge in [0.1, 0.15) is 12.4 Å². The van der Waals surface area contributed by atoms with Crippen LogP contribution in [0.3, 0.4) is 0 Å². The Morgan fingerprint density at radius 2 is 2.47 bits per heavy atom. The topological polar surface area (TPSA) is 66.2 Å². The van der Waals surface area contributed by atoms with Gasteiger partial charge in [-0.1, -0.05) is 0 Å². The van der Waals surface area contributed by atoms with Gasteiger partial charge in [-0.3, -0.25) is 4.68 Å². The molecule has 5 nitrogen and oxygen atoms in total. The third-order valence-corrected chi connectivity index (χ3v) is 2.10. The molecule has 0 atom stereocenters. The molecule has 0 aliphatic rings. The molecule has 2 aromatic heterocycles. The van der Waals surface area contributed by atoms with E-state index in [2.05, 4.69) is 5.10 Å². The number of hydrogen-bond acceptors (Lipinski definition) is 4. The Bertz CT molecular complexity index is 433. The summed E-state index contributed by atoms with van der Waals surface area (Å²) in [6.07, 6.45) is 5.09. The summed E-state index contributed by atoms with van der Waals surface area (Å²) in [7, 11) is 1.84. The lowest BCUT2D eigenvalue weighted by molar-refractivity contribution is 0.302. The minimum absolute atomic E-state index is 0.388. The minimum atomic E-state index is 0.388. The minimum Gasteiger partial charge on any atom is -0.485 e. The van der Waals surface area contributed by atoms with E-state index in [9.17, 15) is 0 Å². The number of rotatable bonds is 4. The van der Waals surface area contributed by atoms with E-state index in [-0.39, 0.29) is 0 Å². The van der Waals surface area contributed by atoms with Gasteiger partial charge in [-0.05, 0) is 6.07 Å². The maximum atomic E-state index is 5.51. The summed E-state index contributed by atoms with van der Waals surface area (Å²) in [5.74, 6) is 1.50. The summed E-state index contributed by atoms with van der Waals surface area (Å²) in [5, 5.41) is 4.00. The van der Waals surface area contributed by atoms with Crippen LogP contribution in [0, 0.1) is 0 Å². The zero-order chi connectivity index (χ0) is 10.7. The molecule has 0 aliphatic heterocycles. The maximum absolute atomic E-state index is 5.51. The summed E-state index contributed by atoms with van der Waals surface area (Å²) in [6.45, 7) is 0.841. The first-order valence-corrected chi connectivity index (χ1v) is 4.66. The van der Waals surface area contributed by atoms with E-state index >= 15 is 0 Å². The molecule has 2 rings (SSSR count). The Morgan fingerprint density at radius 3 is 3.13 bits per heavy atom. The summed E-state index contributed by atoms with van der Waals surface area (Å²) in [4.78, 5) is 0.